The predicted molar refractivity (Wildman–Crippen MR) is 85.3 cm³/mol. The van der Waals surface area contributed by atoms with Gasteiger partial charge in [0.15, 0.2) is 5.69 Å². The summed E-state index contributed by atoms with van der Waals surface area (Å²) < 4.78 is 4.91. The summed E-state index contributed by atoms with van der Waals surface area (Å²) in [5.41, 5.74) is 1.51. The van der Waals surface area contributed by atoms with Crippen molar-refractivity contribution in [2.24, 2.45) is 5.92 Å². The Morgan fingerprint density at radius 1 is 1.45 bits per heavy atom. The zero-order valence-electron chi connectivity index (χ0n) is 12.4. The summed E-state index contributed by atoms with van der Waals surface area (Å²) in [4.78, 5) is 14.3. The first-order chi connectivity index (χ1) is 10.6. The molecule has 1 aromatic heterocycles. The summed E-state index contributed by atoms with van der Waals surface area (Å²) in [6, 6.07) is 9.50. The molecular weight excluding hydrogens is 302 g/mol. The number of amides is 1. The maximum absolute atomic E-state index is 11.9. The monoisotopic (exact) mass is 319 g/mol. The molecule has 1 atom stereocenters. The first-order valence-corrected chi connectivity index (χ1v) is 7.71. The number of anilines is 1. The molecular formula is C16H18ClN3O2. The molecule has 1 saturated heterocycles. The Kier molecular flexibility index (Phi) is 4.34. The number of hydrogen-bond acceptors (Lipinski definition) is 4. The Hall–Kier alpha value is -2.01. The smallest absolute Gasteiger partial charge is 0.273 e. The van der Waals surface area contributed by atoms with E-state index in [1.54, 1.807) is 13.0 Å². The maximum atomic E-state index is 11.9. The van der Waals surface area contributed by atoms with Crippen molar-refractivity contribution in [3.63, 3.8) is 0 Å². The highest BCUT2D eigenvalue weighted by molar-refractivity contribution is 6.30. The molecule has 0 radical (unpaired) electrons. The first-order valence-electron chi connectivity index (χ1n) is 7.34. The van der Waals surface area contributed by atoms with Gasteiger partial charge in [0.2, 0.25) is 0 Å². The van der Waals surface area contributed by atoms with Crippen molar-refractivity contribution in [2.45, 2.75) is 13.3 Å². The number of nitrogens with zero attached hydrogens (tertiary/aromatic N) is 2. The molecule has 0 saturated carbocycles. The number of halogens is 1. The Bertz CT molecular complexity index is 654. The van der Waals surface area contributed by atoms with E-state index in [4.69, 9.17) is 16.1 Å². The van der Waals surface area contributed by atoms with E-state index in [1.807, 2.05) is 24.3 Å². The number of hydrogen-bond donors (Lipinski definition) is 1. The molecule has 1 aliphatic rings. The van der Waals surface area contributed by atoms with Crippen LogP contribution in [0.3, 0.4) is 0 Å². The lowest BCUT2D eigenvalue weighted by molar-refractivity contribution is 0.0939. The molecule has 1 aliphatic heterocycles. The normalized spacial score (nSPS) is 17.7. The summed E-state index contributed by atoms with van der Waals surface area (Å²) in [6.45, 7) is 4.34. The fraction of sp³-hybridized carbons (Fsp3) is 0.375. The van der Waals surface area contributed by atoms with Crippen LogP contribution in [0.2, 0.25) is 5.02 Å². The Labute approximate surface area is 134 Å². The molecule has 1 amide bonds. The van der Waals surface area contributed by atoms with Crippen LogP contribution in [0.25, 0.3) is 0 Å². The summed E-state index contributed by atoms with van der Waals surface area (Å²) in [5, 5.41) is 7.39. The van der Waals surface area contributed by atoms with Crippen molar-refractivity contribution >= 4 is 23.2 Å². The standard InChI is InChI=1S/C16H18ClN3O2/c1-11-8-15(19-22-11)16(21)18-9-12-6-7-20(10-12)14-4-2-13(17)3-5-14/h2-5,8,12H,6-7,9-10H2,1H3,(H,18,21). The molecule has 116 valence electrons. The number of rotatable bonds is 4. The number of carbonyl (C=O) groups excluding carboxylic acids is 1. The van der Waals surface area contributed by atoms with E-state index in [0.717, 1.165) is 24.5 Å². The number of aryl methyl sites for hydroxylation is 1. The molecule has 6 heteroatoms. The van der Waals surface area contributed by atoms with Crippen LogP contribution in [0.1, 0.15) is 22.7 Å². The van der Waals surface area contributed by atoms with Crippen molar-refractivity contribution in [3.8, 4) is 0 Å². The lowest BCUT2D eigenvalue weighted by Gasteiger charge is -2.18. The van der Waals surface area contributed by atoms with Gasteiger partial charge in [-0.1, -0.05) is 16.8 Å². The molecule has 5 nitrogen and oxygen atoms in total. The van der Waals surface area contributed by atoms with Crippen molar-refractivity contribution in [1.82, 2.24) is 10.5 Å². The first kappa shape index (κ1) is 14.9. The summed E-state index contributed by atoms with van der Waals surface area (Å²) in [5.74, 6) is 0.898. The fourth-order valence-corrected chi connectivity index (χ4v) is 2.81. The molecule has 1 fully saturated rings. The highest BCUT2D eigenvalue weighted by Gasteiger charge is 2.23. The van der Waals surface area contributed by atoms with E-state index in [-0.39, 0.29) is 5.91 Å². The summed E-state index contributed by atoms with van der Waals surface area (Å²) >= 11 is 5.91. The van der Waals surface area contributed by atoms with Crippen molar-refractivity contribution in [3.05, 3.63) is 46.8 Å². The molecule has 0 bridgehead atoms. The van der Waals surface area contributed by atoms with Gasteiger partial charge in [-0.3, -0.25) is 4.79 Å². The molecule has 0 aliphatic carbocycles. The van der Waals surface area contributed by atoms with Gasteiger partial charge in [0.05, 0.1) is 0 Å². The Balaban J connectivity index is 1.51. The second kappa shape index (κ2) is 6.40. The molecule has 2 aromatic rings. The Morgan fingerprint density at radius 3 is 2.91 bits per heavy atom. The van der Waals surface area contributed by atoms with E-state index < -0.39 is 0 Å². The number of carbonyl (C=O) groups is 1. The van der Waals surface area contributed by atoms with Crippen LogP contribution < -0.4 is 10.2 Å². The molecule has 2 heterocycles. The van der Waals surface area contributed by atoms with Gasteiger partial charge in [0.1, 0.15) is 5.76 Å². The molecule has 1 unspecified atom stereocenters. The van der Waals surface area contributed by atoms with Gasteiger partial charge in [-0.15, -0.1) is 0 Å². The second-order valence-electron chi connectivity index (χ2n) is 5.61. The largest absolute Gasteiger partial charge is 0.371 e. The van der Waals surface area contributed by atoms with Gasteiger partial charge in [0, 0.05) is 36.4 Å². The van der Waals surface area contributed by atoms with Crippen LogP contribution in [0.5, 0.6) is 0 Å². The van der Waals surface area contributed by atoms with Crippen LogP contribution in [0.15, 0.2) is 34.9 Å². The molecule has 0 spiro atoms. The third-order valence-electron chi connectivity index (χ3n) is 3.89. The predicted octanol–water partition coefficient (Wildman–Crippen LogP) is 2.89. The van der Waals surface area contributed by atoms with Crippen molar-refractivity contribution < 1.29 is 9.32 Å². The third kappa shape index (κ3) is 3.42. The van der Waals surface area contributed by atoms with Gasteiger partial charge < -0.3 is 14.7 Å². The van der Waals surface area contributed by atoms with Crippen LogP contribution in [0, 0.1) is 12.8 Å². The number of aromatic nitrogens is 1. The lowest BCUT2D eigenvalue weighted by atomic mass is 10.1. The van der Waals surface area contributed by atoms with Crippen LogP contribution in [-0.4, -0.2) is 30.7 Å². The fourth-order valence-electron chi connectivity index (χ4n) is 2.69. The topological polar surface area (TPSA) is 58.4 Å². The van der Waals surface area contributed by atoms with Crippen LogP contribution in [0.4, 0.5) is 5.69 Å². The van der Waals surface area contributed by atoms with Crippen LogP contribution >= 0.6 is 11.6 Å². The highest BCUT2D eigenvalue weighted by atomic mass is 35.5. The van der Waals surface area contributed by atoms with Gasteiger partial charge >= 0.3 is 0 Å². The SMILES string of the molecule is Cc1cc(C(=O)NCC2CCN(c3ccc(Cl)cc3)C2)no1. The molecule has 3 rings (SSSR count). The number of benzene rings is 1. The minimum atomic E-state index is -0.179. The van der Waals surface area contributed by atoms with Crippen molar-refractivity contribution in [2.75, 3.05) is 24.5 Å². The lowest BCUT2D eigenvalue weighted by Crippen LogP contribution is -2.31. The maximum Gasteiger partial charge on any atom is 0.273 e. The van der Waals surface area contributed by atoms with E-state index in [1.165, 1.54) is 5.69 Å². The Morgan fingerprint density at radius 2 is 2.23 bits per heavy atom. The van der Waals surface area contributed by atoms with Gasteiger partial charge in [-0.25, -0.2) is 0 Å². The van der Waals surface area contributed by atoms with E-state index in [2.05, 4.69) is 15.4 Å². The minimum Gasteiger partial charge on any atom is -0.371 e. The average Bonchev–Trinajstić information content (AvgIpc) is 3.15. The second-order valence-corrected chi connectivity index (χ2v) is 6.05. The average molecular weight is 320 g/mol. The number of nitrogens with one attached hydrogen (secondary N) is 1. The summed E-state index contributed by atoms with van der Waals surface area (Å²) in [7, 11) is 0. The van der Waals surface area contributed by atoms with Crippen molar-refractivity contribution in [1.29, 1.82) is 0 Å². The van der Waals surface area contributed by atoms with E-state index in [9.17, 15) is 4.79 Å². The van der Waals surface area contributed by atoms with Crippen LogP contribution in [-0.2, 0) is 0 Å². The van der Waals surface area contributed by atoms with Gasteiger partial charge in [0.25, 0.3) is 5.91 Å². The zero-order chi connectivity index (χ0) is 15.5. The third-order valence-corrected chi connectivity index (χ3v) is 4.14. The van der Waals surface area contributed by atoms with Gasteiger partial charge in [-0.05, 0) is 43.5 Å². The van der Waals surface area contributed by atoms with Gasteiger partial charge in [-0.2, -0.15) is 0 Å². The van der Waals surface area contributed by atoms with E-state index >= 15 is 0 Å². The molecule has 22 heavy (non-hydrogen) atoms. The quantitative estimate of drug-likeness (QED) is 0.941. The highest BCUT2D eigenvalue weighted by Crippen LogP contribution is 2.24. The summed E-state index contributed by atoms with van der Waals surface area (Å²) in [6.07, 6.45) is 1.06. The van der Waals surface area contributed by atoms with E-state index in [0.29, 0.717) is 23.9 Å². The zero-order valence-corrected chi connectivity index (χ0v) is 13.1. The molecule has 1 aromatic carbocycles. The molecule has 1 N–H and O–H groups in total. The minimum absolute atomic E-state index is 0.179.